The van der Waals surface area contributed by atoms with E-state index in [1.807, 2.05) is 6.92 Å². The zero-order valence-electron chi connectivity index (χ0n) is 10.8. The Balaban J connectivity index is 2.29. The third kappa shape index (κ3) is 3.33. The average Bonchev–Trinajstić information content (AvgIpc) is 2.41. The van der Waals surface area contributed by atoms with E-state index in [0.717, 1.165) is 12.1 Å². The van der Waals surface area contributed by atoms with Crippen molar-refractivity contribution in [1.29, 1.82) is 0 Å². The molecule has 0 aromatic heterocycles. The SMILES string of the molecule is CCC(Nc1cc(F)c(Br)cc1F)c1cccc(F)c1. The second-order valence-electron chi connectivity index (χ2n) is 4.41. The Bertz CT molecular complexity index is 616. The van der Waals surface area contributed by atoms with Gasteiger partial charge in [-0.2, -0.15) is 0 Å². The summed E-state index contributed by atoms with van der Waals surface area (Å²) in [6.45, 7) is 1.88. The van der Waals surface area contributed by atoms with Gasteiger partial charge in [-0.15, -0.1) is 0 Å². The van der Waals surface area contributed by atoms with E-state index in [9.17, 15) is 13.2 Å². The topological polar surface area (TPSA) is 12.0 Å². The van der Waals surface area contributed by atoms with Crippen LogP contribution in [0.1, 0.15) is 24.9 Å². The van der Waals surface area contributed by atoms with E-state index in [2.05, 4.69) is 21.2 Å². The first-order valence-electron chi connectivity index (χ1n) is 6.17. The maximum absolute atomic E-state index is 13.8. The van der Waals surface area contributed by atoms with Crippen molar-refractivity contribution < 1.29 is 13.2 Å². The highest BCUT2D eigenvalue weighted by atomic mass is 79.9. The van der Waals surface area contributed by atoms with Gasteiger partial charge in [-0.3, -0.25) is 0 Å². The molecule has 0 aliphatic carbocycles. The van der Waals surface area contributed by atoms with Crippen LogP contribution in [0.4, 0.5) is 18.9 Å². The third-order valence-corrected chi connectivity index (χ3v) is 3.61. The lowest BCUT2D eigenvalue weighted by Gasteiger charge is -2.19. The summed E-state index contributed by atoms with van der Waals surface area (Å²) >= 11 is 2.93. The maximum Gasteiger partial charge on any atom is 0.147 e. The van der Waals surface area contributed by atoms with Crippen molar-refractivity contribution in [3.05, 3.63) is 63.9 Å². The van der Waals surface area contributed by atoms with Gasteiger partial charge in [-0.05, 0) is 46.1 Å². The molecule has 0 aliphatic heterocycles. The molecule has 5 heteroatoms. The molecule has 0 saturated carbocycles. The van der Waals surface area contributed by atoms with Gasteiger partial charge in [0.05, 0.1) is 16.2 Å². The van der Waals surface area contributed by atoms with Crippen molar-refractivity contribution in [3.63, 3.8) is 0 Å². The predicted molar refractivity (Wildman–Crippen MR) is 77.1 cm³/mol. The number of hydrogen-bond acceptors (Lipinski definition) is 1. The van der Waals surface area contributed by atoms with Gasteiger partial charge in [0.1, 0.15) is 17.5 Å². The molecule has 1 N–H and O–H groups in total. The smallest absolute Gasteiger partial charge is 0.147 e. The summed E-state index contributed by atoms with van der Waals surface area (Å²) in [7, 11) is 0. The van der Waals surface area contributed by atoms with Crippen molar-refractivity contribution in [2.75, 3.05) is 5.32 Å². The van der Waals surface area contributed by atoms with Crippen LogP contribution in [-0.4, -0.2) is 0 Å². The molecule has 0 fully saturated rings. The molecule has 0 heterocycles. The number of anilines is 1. The fourth-order valence-corrected chi connectivity index (χ4v) is 2.28. The van der Waals surface area contributed by atoms with Crippen LogP contribution < -0.4 is 5.32 Å². The molecule has 2 rings (SSSR count). The van der Waals surface area contributed by atoms with Crippen LogP contribution in [0.2, 0.25) is 0 Å². The molecule has 0 bridgehead atoms. The van der Waals surface area contributed by atoms with Crippen LogP contribution in [-0.2, 0) is 0 Å². The molecule has 0 saturated heterocycles. The standard InChI is InChI=1S/C15H13BrF3N/c1-2-14(9-4-3-5-10(17)6-9)20-15-8-12(18)11(16)7-13(15)19/h3-8,14,20H,2H2,1H3. The number of nitrogens with one attached hydrogen (secondary N) is 1. The Hall–Kier alpha value is -1.49. The molecule has 1 atom stereocenters. The highest BCUT2D eigenvalue weighted by Gasteiger charge is 2.14. The summed E-state index contributed by atoms with van der Waals surface area (Å²) in [5.41, 5.74) is 0.747. The lowest BCUT2D eigenvalue weighted by molar-refractivity contribution is 0.592. The van der Waals surface area contributed by atoms with Crippen molar-refractivity contribution in [2.45, 2.75) is 19.4 Å². The van der Waals surface area contributed by atoms with Gasteiger partial charge in [-0.25, -0.2) is 13.2 Å². The molecule has 2 aromatic rings. The van der Waals surface area contributed by atoms with Crippen LogP contribution in [0.15, 0.2) is 40.9 Å². The second-order valence-corrected chi connectivity index (χ2v) is 5.26. The molecule has 0 amide bonds. The van der Waals surface area contributed by atoms with Gasteiger partial charge in [0.15, 0.2) is 0 Å². The summed E-state index contributed by atoms with van der Waals surface area (Å²) in [6, 6.07) is 7.92. The summed E-state index contributed by atoms with van der Waals surface area (Å²) in [5, 5.41) is 2.91. The largest absolute Gasteiger partial charge is 0.376 e. The van der Waals surface area contributed by atoms with Crippen LogP contribution in [0, 0.1) is 17.5 Å². The number of hydrogen-bond donors (Lipinski definition) is 1. The monoisotopic (exact) mass is 343 g/mol. The minimum absolute atomic E-state index is 0.0572. The molecule has 20 heavy (non-hydrogen) atoms. The predicted octanol–water partition coefficient (Wildman–Crippen LogP) is 5.43. The third-order valence-electron chi connectivity index (χ3n) is 3.00. The number of rotatable bonds is 4. The zero-order valence-corrected chi connectivity index (χ0v) is 12.3. The molecule has 0 spiro atoms. The molecule has 0 aliphatic rings. The normalized spacial score (nSPS) is 12.2. The van der Waals surface area contributed by atoms with Gasteiger partial charge < -0.3 is 5.32 Å². The van der Waals surface area contributed by atoms with E-state index in [1.165, 1.54) is 12.1 Å². The lowest BCUT2D eigenvalue weighted by Crippen LogP contribution is -2.11. The maximum atomic E-state index is 13.8. The summed E-state index contributed by atoms with van der Waals surface area (Å²) < 4.78 is 40.6. The van der Waals surface area contributed by atoms with E-state index < -0.39 is 11.6 Å². The first kappa shape index (κ1) is 14.9. The fourth-order valence-electron chi connectivity index (χ4n) is 1.97. The van der Waals surface area contributed by atoms with Gasteiger partial charge in [-0.1, -0.05) is 19.1 Å². The lowest BCUT2D eigenvalue weighted by atomic mass is 10.0. The van der Waals surface area contributed by atoms with E-state index in [0.29, 0.717) is 12.0 Å². The van der Waals surface area contributed by atoms with Crippen molar-refractivity contribution >= 4 is 21.6 Å². The molecule has 106 valence electrons. The van der Waals surface area contributed by atoms with Gasteiger partial charge in [0.2, 0.25) is 0 Å². The summed E-state index contributed by atoms with van der Waals surface area (Å²) in [6.07, 6.45) is 0.612. The van der Waals surface area contributed by atoms with Crippen molar-refractivity contribution in [1.82, 2.24) is 0 Å². The molecular formula is C15H13BrF3N. The van der Waals surface area contributed by atoms with E-state index in [-0.39, 0.29) is 22.0 Å². The van der Waals surface area contributed by atoms with Crippen molar-refractivity contribution in [2.24, 2.45) is 0 Å². The average molecular weight is 344 g/mol. The van der Waals surface area contributed by atoms with Crippen molar-refractivity contribution in [3.8, 4) is 0 Å². The summed E-state index contributed by atoms with van der Waals surface area (Å²) in [5.74, 6) is -1.47. The van der Waals surface area contributed by atoms with Gasteiger partial charge in [0.25, 0.3) is 0 Å². The molecule has 1 nitrogen and oxygen atoms in total. The Morgan fingerprint density at radius 2 is 1.85 bits per heavy atom. The van der Waals surface area contributed by atoms with E-state index in [4.69, 9.17) is 0 Å². The second kappa shape index (κ2) is 6.31. The Labute approximate surface area is 123 Å². The highest BCUT2D eigenvalue weighted by molar-refractivity contribution is 9.10. The van der Waals surface area contributed by atoms with Crippen LogP contribution >= 0.6 is 15.9 Å². The minimum atomic E-state index is -0.562. The molecular weight excluding hydrogens is 331 g/mol. The highest BCUT2D eigenvalue weighted by Crippen LogP contribution is 2.28. The molecule has 2 aromatic carbocycles. The fraction of sp³-hybridized carbons (Fsp3) is 0.200. The van der Waals surface area contributed by atoms with Gasteiger partial charge >= 0.3 is 0 Å². The Morgan fingerprint density at radius 1 is 1.10 bits per heavy atom. The first-order chi connectivity index (χ1) is 9.51. The Morgan fingerprint density at radius 3 is 2.50 bits per heavy atom. The first-order valence-corrected chi connectivity index (χ1v) is 6.97. The minimum Gasteiger partial charge on any atom is -0.376 e. The van der Waals surface area contributed by atoms with Crippen LogP contribution in [0.3, 0.4) is 0 Å². The zero-order chi connectivity index (χ0) is 14.7. The molecule has 1 unspecified atom stereocenters. The van der Waals surface area contributed by atoms with Crippen LogP contribution in [0.25, 0.3) is 0 Å². The quantitative estimate of drug-likeness (QED) is 0.730. The van der Waals surface area contributed by atoms with E-state index in [1.54, 1.807) is 12.1 Å². The Kier molecular flexibility index (Phi) is 4.70. The van der Waals surface area contributed by atoms with Gasteiger partial charge in [0, 0.05) is 6.07 Å². The summed E-state index contributed by atoms with van der Waals surface area (Å²) in [4.78, 5) is 0. The number of halogens is 4. The number of benzene rings is 2. The van der Waals surface area contributed by atoms with Crippen LogP contribution in [0.5, 0.6) is 0 Å². The molecule has 0 radical (unpaired) electrons. The van der Waals surface area contributed by atoms with E-state index >= 15 is 0 Å².